The second-order valence-electron chi connectivity index (χ2n) is 5.56. The Kier molecular flexibility index (Phi) is 4.37. The highest BCUT2D eigenvalue weighted by atomic mass is 15.3. The molecule has 2 N–H and O–H groups in total. The van der Waals surface area contributed by atoms with Crippen LogP contribution in [0.25, 0.3) is 0 Å². The Morgan fingerprint density at radius 1 is 1.32 bits per heavy atom. The van der Waals surface area contributed by atoms with Crippen molar-refractivity contribution >= 4 is 0 Å². The molecular weight excluding hydrogens is 238 g/mol. The maximum absolute atomic E-state index is 5.88. The predicted octanol–water partition coefficient (Wildman–Crippen LogP) is 1.67. The minimum absolute atomic E-state index is 0.169. The Hall–Kier alpha value is -1.62. The second kappa shape index (κ2) is 6.02. The van der Waals surface area contributed by atoms with Gasteiger partial charge in [-0.25, -0.2) is 9.67 Å². The molecule has 0 radical (unpaired) electrons. The van der Waals surface area contributed by atoms with Crippen LogP contribution < -0.4 is 5.73 Å². The summed E-state index contributed by atoms with van der Waals surface area (Å²) in [7, 11) is 0. The summed E-state index contributed by atoms with van der Waals surface area (Å²) in [5.74, 6) is 1.56. The van der Waals surface area contributed by atoms with Crippen molar-refractivity contribution in [1.82, 2.24) is 19.3 Å². The highest BCUT2D eigenvalue weighted by Gasteiger charge is 2.09. The molecule has 0 saturated carbocycles. The molecule has 2 heterocycles. The van der Waals surface area contributed by atoms with Crippen molar-refractivity contribution in [2.75, 3.05) is 0 Å². The van der Waals surface area contributed by atoms with E-state index >= 15 is 0 Å². The lowest BCUT2D eigenvalue weighted by atomic mass is 10.2. The van der Waals surface area contributed by atoms with E-state index in [1.54, 1.807) is 6.33 Å². The molecule has 0 bridgehead atoms. The van der Waals surface area contributed by atoms with E-state index in [0.717, 1.165) is 25.3 Å². The van der Waals surface area contributed by atoms with Gasteiger partial charge in [0.2, 0.25) is 0 Å². The quantitative estimate of drug-likeness (QED) is 0.860. The van der Waals surface area contributed by atoms with Crippen molar-refractivity contribution < 1.29 is 0 Å². The van der Waals surface area contributed by atoms with E-state index in [-0.39, 0.29) is 6.04 Å². The molecule has 5 heteroatoms. The Labute approximate surface area is 114 Å². The van der Waals surface area contributed by atoms with E-state index in [4.69, 9.17) is 5.73 Å². The smallest absolute Gasteiger partial charge is 0.146 e. The van der Waals surface area contributed by atoms with E-state index in [9.17, 15) is 0 Å². The average molecular weight is 261 g/mol. The van der Waals surface area contributed by atoms with Crippen LogP contribution in [0.15, 0.2) is 24.7 Å². The molecule has 1 atom stereocenters. The first-order chi connectivity index (χ1) is 9.06. The molecule has 0 fully saturated rings. The molecule has 0 spiro atoms. The molecule has 0 amide bonds. The zero-order valence-corrected chi connectivity index (χ0v) is 12.0. The van der Waals surface area contributed by atoms with E-state index < -0.39 is 0 Å². The maximum Gasteiger partial charge on any atom is 0.146 e. The first-order valence-electron chi connectivity index (χ1n) is 6.82. The van der Waals surface area contributed by atoms with Crippen molar-refractivity contribution in [3.05, 3.63) is 36.2 Å². The number of hydrogen-bond donors (Lipinski definition) is 1. The Morgan fingerprint density at radius 3 is 2.79 bits per heavy atom. The van der Waals surface area contributed by atoms with Crippen molar-refractivity contribution in [1.29, 1.82) is 0 Å². The lowest BCUT2D eigenvalue weighted by Crippen LogP contribution is -2.21. The summed E-state index contributed by atoms with van der Waals surface area (Å²) >= 11 is 0. The highest BCUT2D eigenvalue weighted by Crippen LogP contribution is 2.09. The van der Waals surface area contributed by atoms with Crippen LogP contribution in [0.1, 0.15) is 32.3 Å². The third kappa shape index (κ3) is 3.67. The normalized spacial score (nSPS) is 13.1. The van der Waals surface area contributed by atoms with E-state index in [0.29, 0.717) is 5.92 Å². The van der Waals surface area contributed by atoms with Gasteiger partial charge in [-0.05, 0) is 25.0 Å². The van der Waals surface area contributed by atoms with Gasteiger partial charge in [-0.15, -0.1) is 0 Å². The number of aromatic nitrogens is 4. The summed E-state index contributed by atoms with van der Waals surface area (Å²) in [6.45, 7) is 8.05. The fourth-order valence-electron chi connectivity index (χ4n) is 2.18. The highest BCUT2D eigenvalue weighted by molar-refractivity contribution is 5.10. The number of hydrogen-bond acceptors (Lipinski definition) is 3. The summed E-state index contributed by atoms with van der Waals surface area (Å²) in [5.41, 5.74) is 7.12. The molecule has 104 valence electrons. The Bertz CT molecular complexity index is 463. The minimum Gasteiger partial charge on any atom is -0.344 e. The molecule has 5 nitrogen and oxygen atoms in total. The largest absolute Gasteiger partial charge is 0.344 e. The molecule has 0 aliphatic heterocycles. The first kappa shape index (κ1) is 13.8. The summed E-state index contributed by atoms with van der Waals surface area (Å²) < 4.78 is 4.19. The molecule has 0 aliphatic rings. The summed E-state index contributed by atoms with van der Waals surface area (Å²) in [6, 6.07) is 4.34. The fraction of sp³-hybridized carbons (Fsp3) is 0.571. The van der Waals surface area contributed by atoms with Crippen molar-refractivity contribution in [2.45, 2.75) is 46.3 Å². The Balaban J connectivity index is 2.13. The van der Waals surface area contributed by atoms with Crippen molar-refractivity contribution in [3.63, 3.8) is 0 Å². The van der Waals surface area contributed by atoms with Crippen LogP contribution in [0.4, 0.5) is 0 Å². The summed E-state index contributed by atoms with van der Waals surface area (Å²) in [5, 5.41) is 4.30. The van der Waals surface area contributed by atoms with Crippen molar-refractivity contribution in [3.8, 4) is 0 Å². The summed E-state index contributed by atoms with van der Waals surface area (Å²) in [4.78, 5) is 4.36. The van der Waals surface area contributed by atoms with Gasteiger partial charge in [0.05, 0.1) is 6.54 Å². The molecule has 2 aromatic rings. The molecule has 19 heavy (non-hydrogen) atoms. The molecular formula is C14H23N5. The molecule has 0 aromatic carbocycles. The van der Waals surface area contributed by atoms with Crippen LogP contribution in [-0.4, -0.2) is 25.4 Å². The van der Waals surface area contributed by atoms with Crippen LogP contribution in [0.5, 0.6) is 0 Å². The monoisotopic (exact) mass is 261 g/mol. The van der Waals surface area contributed by atoms with Gasteiger partial charge in [0.25, 0.3) is 0 Å². The van der Waals surface area contributed by atoms with Crippen LogP contribution in [0.2, 0.25) is 0 Å². The van der Waals surface area contributed by atoms with Gasteiger partial charge < -0.3 is 10.3 Å². The summed E-state index contributed by atoms with van der Waals surface area (Å²) in [6.07, 6.45) is 4.59. The van der Waals surface area contributed by atoms with E-state index in [1.165, 1.54) is 5.69 Å². The number of nitrogens with two attached hydrogens (primary N) is 1. The van der Waals surface area contributed by atoms with Gasteiger partial charge in [0.15, 0.2) is 0 Å². The second-order valence-corrected chi connectivity index (χ2v) is 5.56. The average Bonchev–Trinajstić information content (AvgIpc) is 2.89. The third-order valence-corrected chi connectivity index (χ3v) is 3.00. The molecule has 0 saturated heterocycles. The molecule has 2 aromatic heterocycles. The molecule has 1 unspecified atom stereocenters. The zero-order chi connectivity index (χ0) is 13.8. The predicted molar refractivity (Wildman–Crippen MR) is 75.7 cm³/mol. The fourth-order valence-corrected chi connectivity index (χ4v) is 2.18. The van der Waals surface area contributed by atoms with Crippen molar-refractivity contribution in [2.24, 2.45) is 11.7 Å². The van der Waals surface area contributed by atoms with Gasteiger partial charge in [0, 0.05) is 30.9 Å². The standard InChI is InChI=1S/C14H23N5/c1-11(2)8-19-14(16-10-17-19)9-18-6-4-5-13(18)7-12(3)15/h4-6,10-12H,7-9,15H2,1-3H3. The van der Waals surface area contributed by atoms with E-state index in [1.807, 2.05) is 11.6 Å². The van der Waals surface area contributed by atoms with E-state index in [2.05, 4.69) is 46.8 Å². The zero-order valence-electron chi connectivity index (χ0n) is 12.0. The van der Waals surface area contributed by atoms with Crippen LogP contribution in [0, 0.1) is 5.92 Å². The minimum atomic E-state index is 0.169. The number of nitrogens with zero attached hydrogens (tertiary/aromatic N) is 4. The molecule has 0 aliphatic carbocycles. The lowest BCUT2D eigenvalue weighted by Gasteiger charge is -2.12. The topological polar surface area (TPSA) is 61.7 Å². The Morgan fingerprint density at radius 2 is 2.11 bits per heavy atom. The third-order valence-electron chi connectivity index (χ3n) is 3.00. The van der Waals surface area contributed by atoms with Gasteiger partial charge in [-0.3, -0.25) is 0 Å². The molecule has 2 rings (SSSR count). The SMILES string of the molecule is CC(C)Cn1ncnc1Cn1cccc1CC(C)N. The van der Waals surface area contributed by atoms with Crippen LogP contribution in [0.3, 0.4) is 0 Å². The lowest BCUT2D eigenvalue weighted by molar-refractivity contribution is 0.459. The number of rotatable bonds is 6. The van der Waals surface area contributed by atoms with Crippen LogP contribution in [-0.2, 0) is 19.5 Å². The van der Waals surface area contributed by atoms with Crippen LogP contribution >= 0.6 is 0 Å². The van der Waals surface area contributed by atoms with Gasteiger partial charge in [0.1, 0.15) is 12.2 Å². The van der Waals surface area contributed by atoms with Gasteiger partial charge in [-0.2, -0.15) is 5.10 Å². The maximum atomic E-state index is 5.88. The van der Waals surface area contributed by atoms with Gasteiger partial charge >= 0.3 is 0 Å². The van der Waals surface area contributed by atoms with Gasteiger partial charge in [-0.1, -0.05) is 13.8 Å². The first-order valence-corrected chi connectivity index (χ1v) is 6.82.